The lowest BCUT2D eigenvalue weighted by Gasteiger charge is -2.53. The number of β-lactam (4-membered cyclic amide) rings is 1. The predicted molar refractivity (Wildman–Crippen MR) is 113 cm³/mol. The SMILES string of the molecule is C#CCON=C(C(=O)NC1C(=O)N2CC(COC(N)=O)(C(=O)O)CS[C@H]12)c1csc(N)n1. The van der Waals surface area contributed by atoms with Crippen LogP contribution in [-0.4, -0.2) is 81.5 Å². The molecular weight excluding hydrogens is 464 g/mol. The van der Waals surface area contributed by atoms with E-state index in [-0.39, 0.29) is 35.4 Å². The van der Waals surface area contributed by atoms with Gasteiger partial charge in [-0.05, 0) is 0 Å². The summed E-state index contributed by atoms with van der Waals surface area (Å²) in [5, 5.41) is 17.1. The fraction of sp³-hybridized carbons (Fsp3) is 0.412. The fourth-order valence-electron chi connectivity index (χ4n) is 3.06. The largest absolute Gasteiger partial charge is 0.481 e. The number of carboxylic acids is 1. The van der Waals surface area contributed by atoms with Crippen LogP contribution in [0.15, 0.2) is 10.5 Å². The predicted octanol–water partition coefficient (Wildman–Crippen LogP) is -1.35. The van der Waals surface area contributed by atoms with E-state index < -0.39 is 47.3 Å². The molecular formula is C17H18N6O7S2. The number of terminal acetylenes is 1. The molecule has 2 aliphatic rings. The van der Waals surface area contributed by atoms with Crippen molar-refractivity contribution in [3.05, 3.63) is 11.1 Å². The Morgan fingerprint density at radius 2 is 2.25 bits per heavy atom. The molecule has 6 N–H and O–H groups in total. The number of rotatable bonds is 8. The number of primary amides is 1. The summed E-state index contributed by atoms with van der Waals surface area (Å²) < 4.78 is 4.69. The molecule has 2 fully saturated rings. The third-order valence-electron chi connectivity index (χ3n) is 4.66. The first-order valence-corrected chi connectivity index (χ1v) is 10.8. The number of carbonyl (C=O) groups excluding carboxylic acids is 3. The lowest BCUT2D eigenvalue weighted by Crippen LogP contribution is -2.74. The molecule has 0 aromatic carbocycles. The monoisotopic (exact) mass is 482 g/mol. The highest BCUT2D eigenvalue weighted by atomic mass is 32.2. The number of aliphatic carboxylic acids is 1. The number of carboxylic acid groups (broad SMARTS) is 1. The molecule has 15 heteroatoms. The number of fused-ring (bicyclic) bond motifs is 1. The van der Waals surface area contributed by atoms with Gasteiger partial charge in [0.2, 0.25) is 5.91 Å². The van der Waals surface area contributed by atoms with Crippen molar-refractivity contribution in [1.82, 2.24) is 15.2 Å². The van der Waals surface area contributed by atoms with Gasteiger partial charge in [-0.1, -0.05) is 11.1 Å². The Labute approximate surface area is 189 Å². The Kier molecular flexibility index (Phi) is 6.75. The minimum absolute atomic E-state index is 0.0330. The van der Waals surface area contributed by atoms with Gasteiger partial charge in [0.25, 0.3) is 5.91 Å². The van der Waals surface area contributed by atoms with Gasteiger partial charge in [0, 0.05) is 17.7 Å². The molecule has 0 bridgehead atoms. The molecule has 3 amide bonds. The number of nitrogen functional groups attached to an aromatic ring is 1. The van der Waals surface area contributed by atoms with E-state index in [1.165, 1.54) is 10.3 Å². The Balaban J connectivity index is 1.70. The number of nitrogens with one attached hydrogen (secondary N) is 1. The van der Waals surface area contributed by atoms with E-state index >= 15 is 0 Å². The number of amides is 3. The number of oxime groups is 1. The fourth-order valence-corrected chi connectivity index (χ4v) is 5.13. The Morgan fingerprint density at radius 3 is 2.84 bits per heavy atom. The first-order chi connectivity index (χ1) is 15.2. The number of nitrogens with zero attached hydrogens (tertiary/aromatic N) is 3. The van der Waals surface area contributed by atoms with Crippen molar-refractivity contribution in [3.8, 4) is 12.3 Å². The first-order valence-electron chi connectivity index (χ1n) is 8.92. The van der Waals surface area contributed by atoms with Gasteiger partial charge in [-0.25, -0.2) is 9.78 Å². The highest BCUT2D eigenvalue weighted by Gasteiger charge is 2.58. The molecule has 3 heterocycles. The molecule has 32 heavy (non-hydrogen) atoms. The van der Waals surface area contributed by atoms with E-state index in [2.05, 4.69) is 26.1 Å². The number of anilines is 1. The van der Waals surface area contributed by atoms with Gasteiger partial charge in [0.05, 0.1) is 0 Å². The third kappa shape index (κ3) is 4.55. The van der Waals surface area contributed by atoms with Crippen LogP contribution in [-0.2, 0) is 24.0 Å². The molecule has 1 aromatic heterocycles. The molecule has 0 saturated carbocycles. The summed E-state index contributed by atoms with van der Waals surface area (Å²) in [5.41, 5.74) is 8.98. The van der Waals surface area contributed by atoms with Gasteiger partial charge in [0.15, 0.2) is 17.5 Å². The number of aromatic nitrogens is 1. The normalized spacial score (nSPS) is 24.5. The maximum atomic E-state index is 12.8. The maximum absolute atomic E-state index is 12.8. The maximum Gasteiger partial charge on any atom is 0.404 e. The summed E-state index contributed by atoms with van der Waals surface area (Å²) in [6.45, 7) is -0.865. The van der Waals surface area contributed by atoms with Crippen molar-refractivity contribution in [2.24, 2.45) is 16.3 Å². The molecule has 0 spiro atoms. The molecule has 2 aliphatic heterocycles. The van der Waals surface area contributed by atoms with Crippen molar-refractivity contribution in [2.75, 3.05) is 31.2 Å². The van der Waals surface area contributed by atoms with Gasteiger partial charge in [0.1, 0.15) is 29.1 Å². The highest BCUT2D eigenvalue weighted by molar-refractivity contribution is 8.00. The summed E-state index contributed by atoms with van der Waals surface area (Å²) in [5.74, 6) is -0.228. The molecule has 3 rings (SSSR count). The number of thiazole rings is 1. The smallest absolute Gasteiger partial charge is 0.404 e. The van der Waals surface area contributed by atoms with Gasteiger partial charge in [-0.2, -0.15) is 0 Å². The molecule has 2 saturated heterocycles. The average Bonchev–Trinajstić information content (AvgIpc) is 3.18. The van der Waals surface area contributed by atoms with Gasteiger partial charge in [-0.3, -0.25) is 14.4 Å². The molecule has 0 radical (unpaired) electrons. The van der Waals surface area contributed by atoms with E-state index in [4.69, 9.17) is 22.7 Å². The lowest BCUT2D eigenvalue weighted by molar-refractivity contribution is -0.160. The number of nitrogens with two attached hydrogens (primary N) is 2. The Morgan fingerprint density at radius 1 is 1.50 bits per heavy atom. The van der Waals surface area contributed by atoms with Crippen molar-refractivity contribution in [3.63, 3.8) is 0 Å². The Bertz CT molecular complexity index is 1020. The molecule has 2 unspecified atom stereocenters. The molecule has 3 atom stereocenters. The summed E-state index contributed by atoms with van der Waals surface area (Å²) in [6.07, 6.45) is 4.00. The standard InChI is InChI=1S/C17H18N6O7S2/c1-2-3-30-22-9(8-4-31-15(18)20-8)11(24)21-10-12(25)23-5-17(14(26)27,6-29-16(19)28)7-32-13(10)23/h1,4,10,13H,3,5-7H2,(H2,18,20)(H2,19,28)(H,21,24)(H,26,27)/t10?,13-,17?/m1/s1. The van der Waals surface area contributed by atoms with Gasteiger partial charge >= 0.3 is 12.1 Å². The second-order valence-corrected chi connectivity index (χ2v) is 8.80. The van der Waals surface area contributed by atoms with Crippen molar-refractivity contribution < 1.29 is 33.9 Å². The number of hydrogen-bond donors (Lipinski definition) is 4. The van der Waals surface area contributed by atoms with E-state index in [9.17, 15) is 24.3 Å². The minimum Gasteiger partial charge on any atom is -0.481 e. The summed E-state index contributed by atoms with van der Waals surface area (Å²) >= 11 is 2.22. The van der Waals surface area contributed by atoms with Gasteiger partial charge < -0.3 is 36.4 Å². The zero-order chi connectivity index (χ0) is 23.5. The number of carbonyl (C=O) groups is 4. The van der Waals surface area contributed by atoms with Crippen LogP contribution >= 0.6 is 23.1 Å². The summed E-state index contributed by atoms with van der Waals surface area (Å²) in [7, 11) is 0. The topological polar surface area (TPSA) is 200 Å². The molecule has 170 valence electrons. The zero-order valence-electron chi connectivity index (χ0n) is 16.3. The van der Waals surface area contributed by atoms with Crippen molar-refractivity contribution in [2.45, 2.75) is 11.4 Å². The molecule has 0 aliphatic carbocycles. The van der Waals surface area contributed by atoms with Crippen molar-refractivity contribution >= 4 is 57.8 Å². The van der Waals surface area contributed by atoms with Crippen LogP contribution in [0.4, 0.5) is 9.93 Å². The lowest BCUT2D eigenvalue weighted by atomic mass is 9.88. The minimum atomic E-state index is -1.51. The third-order valence-corrected chi connectivity index (χ3v) is 6.92. The summed E-state index contributed by atoms with van der Waals surface area (Å²) in [6, 6.07) is -0.926. The number of ether oxygens (including phenoxy) is 1. The second kappa shape index (κ2) is 9.32. The number of hydrogen-bond acceptors (Lipinski definition) is 11. The molecule has 13 nitrogen and oxygen atoms in total. The van der Waals surface area contributed by atoms with Crippen LogP contribution in [0.25, 0.3) is 0 Å². The van der Waals surface area contributed by atoms with Crippen LogP contribution in [0.3, 0.4) is 0 Å². The highest BCUT2D eigenvalue weighted by Crippen LogP contribution is 2.42. The van der Waals surface area contributed by atoms with Crippen LogP contribution in [0.5, 0.6) is 0 Å². The molecule has 1 aromatic rings. The number of thioether (sulfide) groups is 1. The van der Waals surface area contributed by atoms with Gasteiger partial charge in [-0.15, -0.1) is 29.5 Å². The van der Waals surface area contributed by atoms with E-state index in [0.29, 0.717) is 0 Å². The quantitative estimate of drug-likeness (QED) is 0.113. The van der Waals surface area contributed by atoms with E-state index in [1.54, 1.807) is 0 Å². The average molecular weight is 483 g/mol. The second-order valence-electron chi connectivity index (χ2n) is 6.80. The Hall–Kier alpha value is -3.51. The van der Waals surface area contributed by atoms with E-state index in [1.807, 2.05) is 0 Å². The summed E-state index contributed by atoms with van der Waals surface area (Å²) in [4.78, 5) is 58.3. The van der Waals surface area contributed by atoms with Crippen LogP contribution in [0.2, 0.25) is 0 Å². The van der Waals surface area contributed by atoms with Crippen LogP contribution < -0.4 is 16.8 Å². The van der Waals surface area contributed by atoms with Crippen molar-refractivity contribution in [1.29, 1.82) is 0 Å². The van der Waals surface area contributed by atoms with E-state index in [0.717, 1.165) is 23.1 Å². The first kappa shape index (κ1) is 23.2. The zero-order valence-corrected chi connectivity index (χ0v) is 18.0. The van der Waals surface area contributed by atoms with Crippen LogP contribution in [0, 0.1) is 17.8 Å². The van der Waals surface area contributed by atoms with Crippen LogP contribution in [0.1, 0.15) is 5.69 Å².